The molecule has 0 saturated heterocycles. The lowest BCUT2D eigenvalue weighted by Gasteiger charge is -2.29. The molecule has 0 unspecified atom stereocenters. The van der Waals surface area contributed by atoms with E-state index in [0.29, 0.717) is 0 Å². The molecule has 242 valence electrons. The Balaban J connectivity index is 1.25. The van der Waals surface area contributed by atoms with Crippen LogP contribution < -0.4 is 4.90 Å². The Hall–Kier alpha value is -6.52. The van der Waals surface area contributed by atoms with Crippen molar-refractivity contribution in [3.8, 4) is 28.1 Å². The van der Waals surface area contributed by atoms with Gasteiger partial charge in [-0.05, 0) is 93.7 Å². The van der Waals surface area contributed by atoms with Crippen LogP contribution in [0, 0.1) is 0 Å². The van der Waals surface area contributed by atoms with Crippen molar-refractivity contribution >= 4 is 49.6 Å². The summed E-state index contributed by atoms with van der Waals surface area (Å²) >= 11 is 0. The molecule has 0 amide bonds. The van der Waals surface area contributed by atoms with Crippen LogP contribution in [0.4, 0.5) is 17.1 Å². The predicted octanol–water partition coefficient (Wildman–Crippen LogP) is 12.2. The van der Waals surface area contributed by atoms with Crippen LogP contribution in [0.15, 0.2) is 170 Å². The first kappa shape index (κ1) is 29.4. The average molecular weight is 655 g/mol. The van der Waals surface area contributed by atoms with E-state index in [4.69, 9.17) is 4.98 Å². The van der Waals surface area contributed by atoms with E-state index in [1.54, 1.807) is 12.4 Å². The van der Waals surface area contributed by atoms with Crippen LogP contribution in [0.3, 0.4) is 0 Å². The third kappa shape index (κ3) is 4.53. The van der Waals surface area contributed by atoms with Crippen molar-refractivity contribution in [2.75, 3.05) is 4.90 Å². The highest BCUT2D eigenvalue weighted by atomic mass is 15.1. The predicted molar refractivity (Wildman–Crippen MR) is 212 cm³/mol. The highest BCUT2D eigenvalue weighted by molar-refractivity contribution is 6.11. The monoisotopic (exact) mass is 654 g/mol. The fourth-order valence-electron chi connectivity index (χ4n) is 8.31. The molecule has 0 fully saturated rings. The molecule has 51 heavy (non-hydrogen) atoms. The molecule has 4 heteroatoms. The third-order valence-corrected chi connectivity index (χ3v) is 10.7. The minimum absolute atomic E-state index is 0.130. The molecule has 0 saturated carbocycles. The van der Waals surface area contributed by atoms with Crippen LogP contribution in [0.5, 0.6) is 0 Å². The molecule has 10 rings (SSSR count). The second kappa shape index (κ2) is 11.3. The summed E-state index contributed by atoms with van der Waals surface area (Å²) in [5.74, 6) is 0. The average Bonchev–Trinajstić information content (AvgIpc) is 3.63. The normalized spacial score (nSPS) is 13.1. The van der Waals surface area contributed by atoms with Gasteiger partial charge in [0, 0.05) is 56.9 Å². The van der Waals surface area contributed by atoms with Gasteiger partial charge in [0.05, 0.1) is 22.9 Å². The number of para-hydroxylation sites is 2. The van der Waals surface area contributed by atoms with Crippen molar-refractivity contribution in [1.82, 2.24) is 14.5 Å². The molecule has 2 aromatic heterocycles. The summed E-state index contributed by atoms with van der Waals surface area (Å²) in [6.07, 6.45) is 5.36. The summed E-state index contributed by atoms with van der Waals surface area (Å²) in [7, 11) is 0. The Morgan fingerprint density at radius 2 is 1.22 bits per heavy atom. The third-order valence-electron chi connectivity index (χ3n) is 10.7. The van der Waals surface area contributed by atoms with Crippen molar-refractivity contribution in [2.24, 2.45) is 0 Å². The Labute approximate surface area is 296 Å². The second-order valence-corrected chi connectivity index (χ2v) is 13.9. The lowest BCUT2D eigenvalue weighted by Crippen LogP contribution is -2.16. The van der Waals surface area contributed by atoms with Crippen LogP contribution >= 0.6 is 0 Å². The van der Waals surface area contributed by atoms with Crippen molar-refractivity contribution in [3.63, 3.8) is 0 Å². The Kier molecular flexibility index (Phi) is 6.49. The fraction of sp³-hybridized carbons (Fsp3) is 0.0638. The molecular weight excluding hydrogens is 621 g/mol. The van der Waals surface area contributed by atoms with E-state index in [0.717, 1.165) is 44.8 Å². The van der Waals surface area contributed by atoms with Gasteiger partial charge in [0.25, 0.3) is 0 Å². The Morgan fingerprint density at radius 3 is 2.08 bits per heavy atom. The summed E-state index contributed by atoms with van der Waals surface area (Å²) in [6, 6.07) is 55.3. The van der Waals surface area contributed by atoms with Crippen LogP contribution in [0.2, 0.25) is 0 Å². The number of nitrogens with zero attached hydrogens (tertiary/aromatic N) is 4. The summed E-state index contributed by atoms with van der Waals surface area (Å²) < 4.78 is 2.37. The SMILES string of the molecule is CC1(C)c2ccccc2-c2ccc(N(c3cc(-c4cnccn4)c4ccccc4c3)c3ccc4c(c3)c3ccccc3n4-c3ccccc3)cc21. The number of aromatic nitrogens is 3. The van der Waals surface area contributed by atoms with Gasteiger partial charge >= 0.3 is 0 Å². The van der Waals surface area contributed by atoms with E-state index in [-0.39, 0.29) is 5.41 Å². The number of anilines is 3. The van der Waals surface area contributed by atoms with Gasteiger partial charge < -0.3 is 9.47 Å². The molecule has 0 atom stereocenters. The molecule has 0 N–H and O–H groups in total. The van der Waals surface area contributed by atoms with Crippen LogP contribution in [0.25, 0.3) is 60.6 Å². The number of fused-ring (bicyclic) bond motifs is 7. The van der Waals surface area contributed by atoms with Crippen molar-refractivity contribution in [2.45, 2.75) is 19.3 Å². The van der Waals surface area contributed by atoms with Crippen molar-refractivity contribution in [3.05, 3.63) is 181 Å². The minimum Gasteiger partial charge on any atom is -0.310 e. The number of rotatable bonds is 5. The second-order valence-electron chi connectivity index (χ2n) is 13.9. The summed E-state index contributed by atoms with van der Waals surface area (Å²) in [4.78, 5) is 11.6. The first-order valence-corrected chi connectivity index (χ1v) is 17.5. The van der Waals surface area contributed by atoms with Crippen LogP contribution in [0.1, 0.15) is 25.0 Å². The molecule has 7 aromatic carbocycles. The van der Waals surface area contributed by atoms with E-state index < -0.39 is 0 Å². The maximum Gasteiger partial charge on any atom is 0.0892 e. The summed E-state index contributed by atoms with van der Waals surface area (Å²) in [6.45, 7) is 4.69. The fourth-order valence-corrected chi connectivity index (χ4v) is 8.31. The minimum atomic E-state index is -0.130. The van der Waals surface area contributed by atoms with E-state index >= 15 is 0 Å². The molecule has 0 aliphatic heterocycles. The summed E-state index contributed by atoms with van der Waals surface area (Å²) in [5, 5.41) is 4.73. The topological polar surface area (TPSA) is 34.0 Å². The molecule has 2 heterocycles. The van der Waals surface area contributed by atoms with Crippen molar-refractivity contribution in [1.29, 1.82) is 0 Å². The largest absolute Gasteiger partial charge is 0.310 e. The van der Waals surface area contributed by atoms with E-state index in [1.165, 1.54) is 44.1 Å². The molecule has 1 aliphatic carbocycles. The Morgan fingerprint density at radius 1 is 0.510 bits per heavy atom. The zero-order chi connectivity index (χ0) is 34.1. The maximum absolute atomic E-state index is 4.76. The molecule has 0 spiro atoms. The van der Waals surface area contributed by atoms with Gasteiger partial charge in [-0.3, -0.25) is 9.97 Å². The van der Waals surface area contributed by atoms with Gasteiger partial charge in [0.1, 0.15) is 0 Å². The molecule has 9 aromatic rings. The van der Waals surface area contributed by atoms with E-state index in [9.17, 15) is 0 Å². The number of hydrogen-bond acceptors (Lipinski definition) is 3. The zero-order valence-electron chi connectivity index (χ0n) is 28.5. The quantitative estimate of drug-likeness (QED) is 0.185. The smallest absolute Gasteiger partial charge is 0.0892 e. The number of benzene rings is 7. The number of hydrogen-bond donors (Lipinski definition) is 0. The first-order chi connectivity index (χ1) is 25.1. The van der Waals surface area contributed by atoms with Gasteiger partial charge in [-0.15, -0.1) is 0 Å². The standard InChI is InChI=1S/C47H34N4/c1-47(2)42-18-10-8-16-37(42)38-22-20-34(29-43(38)47)50(35-26-31-12-6-7-15-36(31)40(28-35)44-30-48-24-25-49-44)33-21-23-46-41(27-33)39-17-9-11-19-45(39)51(46)32-13-4-3-5-14-32/h3-30H,1-2H3. The zero-order valence-corrected chi connectivity index (χ0v) is 28.5. The molecular formula is C47H34N4. The Bertz CT molecular complexity index is 2780. The lowest BCUT2D eigenvalue weighted by molar-refractivity contribution is 0.660. The maximum atomic E-state index is 4.76. The van der Waals surface area contributed by atoms with Crippen LogP contribution in [-0.4, -0.2) is 14.5 Å². The molecule has 1 aliphatic rings. The van der Waals surface area contributed by atoms with Gasteiger partial charge in [0.15, 0.2) is 0 Å². The van der Waals surface area contributed by atoms with Crippen molar-refractivity contribution < 1.29 is 0 Å². The van der Waals surface area contributed by atoms with Crippen LogP contribution in [-0.2, 0) is 5.41 Å². The van der Waals surface area contributed by atoms with E-state index in [1.807, 2.05) is 6.20 Å². The first-order valence-electron chi connectivity index (χ1n) is 17.5. The summed E-state index contributed by atoms with van der Waals surface area (Å²) in [5.41, 5.74) is 13.9. The highest BCUT2D eigenvalue weighted by Crippen LogP contribution is 2.51. The van der Waals surface area contributed by atoms with Gasteiger partial charge in [-0.1, -0.05) is 105 Å². The molecule has 0 radical (unpaired) electrons. The van der Waals surface area contributed by atoms with Gasteiger partial charge in [0.2, 0.25) is 0 Å². The van der Waals surface area contributed by atoms with E-state index in [2.05, 4.69) is 180 Å². The van der Waals surface area contributed by atoms with Gasteiger partial charge in [-0.2, -0.15) is 0 Å². The molecule has 0 bridgehead atoms. The highest BCUT2D eigenvalue weighted by Gasteiger charge is 2.35. The lowest BCUT2D eigenvalue weighted by atomic mass is 9.82. The van der Waals surface area contributed by atoms with Gasteiger partial charge in [-0.25, -0.2) is 0 Å². The molecule has 4 nitrogen and oxygen atoms in total.